The highest BCUT2D eigenvalue weighted by Crippen LogP contribution is 2.24. The predicted molar refractivity (Wildman–Crippen MR) is 77.4 cm³/mol. The number of rotatable bonds is 5. The Labute approximate surface area is 115 Å². The van der Waals surface area contributed by atoms with E-state index in [0.717, 1.165) is 31.6 Å². The Morgan fingerprint density at radius 3 is 2.79 bits per heavy atom. The van der Waals surface area contributed by atoms with E-state index in [-0.39, 0.29) is 5.91 Å². The van der Waals surface area contributed by atoms with Gasteiger partial charge in [-0.3, -0.25) is 9.78 Å². The maximum absolute atomic E-state index is 12.6. The standard InChI is InChI=1S/C15H23N3O/c1-3-16-12-9-10-17-14(11-12)15(19)18(4-2)13-7-5-6-8-13/h9-11,13H,3-8H2,1-2H3,(H,16,17). The van der Waals surface area contributed by atoms with E-state index in [1.54, 1.807) is 6.20 Å². The van der Waals surface area contributed by atoms with Gasteiger partial charge in [0.1, 0.15) is 5.69 Å². The largest absolute Gasteiger partial charge is 0.385 e. The molecule has 104 valence electrons. The monoisotopic (exact) mass is 261 g/mol. The van der Waals surface area contributed by atoms with Crippen LogP contribution in [0.2, 0.25) is 0 Å². The van der Waals surface area contributed by atoms with Crippen molar-refractivity contribution in [2.75, 3.05) is 18.4 Å². The van der Waals surface area contributed by atoms with Gasteiger partial charge in [-0.2, -0.15) is 0 Å². The van der Waals surface area contributed by atoms with Crippen LogP contribution in [0.5, 0.6) is 0 Å². The molecule has 4 heteroatoms. The van der Waals surface area contributed by atoms with Crippen LogP contribution in [0.1, 0.15) is 50.0 Å². The molecular weight excluding hydrogens is 238 g/mol. The molecule has 0 saturated heterocycles. The average molecular weight is 261 g/mol. The van der Waals surface area contributed by atoms with Crippen LogP contribution in [0, 0.1) is 0 Å². The molecule has 1 N–H and O–H groups in total. The highest BCUT2D eigenvalue weighted by Gasteiger charge is 2.26. The van der Waals surface area contributed by atoms with Gasteiger partial charge in [0.2, 0.25) is 0 Å². The van der Waals surface area contributed by atoms with Crippen molar-refractivity contribution in [3.8, 4) is 0 Å². The summed E-state index contributed by atoms with van der Waals surface area (Å²) < 4.78 is 0. The first-order chi connectivity index (χ1) is 9.26. The van der Waals surface area contributed by atoms with Crippen LogP contribution < -0.4 is 5.32 Å². The molecule has 1 aliphatic rings. The molecule has 1 heterocycles. The van der Waals surface area contributed by atoms with E-state index in [9.17, 15) is 4.79 Å². The lowest BCUT2D eigenvalue weighted by molar-refractivity contribution is 0.0687. The highest BCUT2D eigenvalue weighted by molar-refractivity contribution is 5.93. The Hall–Kier alpha value is -1.58. The molecule has 0 aliphatic heterocycles. The zero-order chi connectivity index (χ0) is 13.7. The number of hydrogen-bond donors (Lipinski definition) is 1. The van der Waals surface area contributed by atoms with Crippen molar-refractivity contribution in [3.63, 3.8) is 0 Å². The van der Waals surface area contributed by atoms with Crippen molar-refractivity contribution in [1.29, 1.82) is 0 Å². The Morgan fingerprint density at radius 2 is 2.16 bits per heavy atom. The van der Waals surface area contributed by atoms with Crippen LogP contribution in [-0.4, -0.2) is 34.9 Å². The van der Waals surface area contributed by atoms with Crippen LogP contribution in [0.3, 0.4) is 0 Å². The molecule has 1 aliphatic carbocycles. The van der Waals surface area contributed by atoms with Crippen molar-refractivity contribution < 1.29 is 4.79 Å². The number of aromatic nitrogens is 1. The summed E-state index contributed by atoms with van der Waals surface area (Å²) in [4.78, 5) is 18.8. The van der Waals surface area contributed by atoms with Crippen LogP contribution >= 0.6 is 0 Å². The normalized spacial score (nSPS) is 15.5. The van der Waals surface area contributed by atoms with Gasteiger partial charge in [-0.25, -0.2) is 0 Å². The molecule has 0 atom stereocenters. The molecule has 0 unspecified atom stereocenters. The molecule has 0 spiro atoms. The summed E-state index contributed by atoms with van der Waals surface area (Å²) in [6.07, 6.45) is 6.44. The Morgan fingerprint density at radius 1 is 1.42 bits per heavy atom. The van der Waals surface area contributed by atoms with Gasteiger partial charge in [0, 0.05) is 31.0 Å². The zero-order valence-electron chi connectivity index (χ0n) is 11.9. The lowest BCUT2D eigenvalue weighted by Gasteiger charge is -2.27. The van der Waals surface area contributed by atoms with Gasteiger partial charge in [-0.1, -0.05) is 12.8 Å². The summed E-state index contributed by atoms with van der Waals surface area (Å²) in [5, 5.41) is 3.22. The van der Waals surface area contributed by atoms with E-state index in [0.29, 0.717) is 11.7 Å². The maximum Gasteiger partial charge on any atom is 0.272 e. The van der Waals surface area contributed by atoms with Crippen molar-refractivity contribution in [2.45, 2.75) is 45.6 Å². The number of carbonyl (C=O) groups is 1. The minimum Gasteiger partial charge on any atom is -0.385 e. The first kappa shape index (κ1) is 13.8. The van der Waals surface area contributed by atoms with Gasteiger partial charge in [0.25, 0.3) is 5.91 Å². The molecule has 1 saturated carbocycles. The van der Waals surface area contributed by atoms with Gasteiger partial charge < -0.3 is 10.2 Å². The maximum atomic E-state index is 12.6. The Bertz CT molecular complexity index is 427. The predicted octanol–water partition coefficient (Wildman–Crippen LogP) is 2.92. The lowest BCUT2D eigenvalue weighted by Crippen LogP contribution is -2.39. The number of hydrogen-bond acceptors (Lipinski definition) is 3. The van der Waals surface area contributed by atoms with Gasteiger partial charge in [0.15, 0.2) is 0 Å². The number of nitrogens with zero attached hydrogens (tertiary/aromatic N) is 2. The molecule has 1 aromatic heterocycles. The summed E-state index contributed by atoms with van der Waals surface area (Å²) in [7, 11) is 0. The van der Waals surface area contributed by atoms with Gasteiger partial charge in [-0.15, -0.1) is 0 Å². The molecule has 19 heavy (non-hydrogen) atoms. The molecule has 1 amide bonds. The number of nitrogens with one attached hydrogen (secondary N) is 1. The van der Waals surface area contributed by atoms with E-state index in [2.05, 4.69) is 10.3 Å². The zero-order valence-corrected chi connectivity index (χ0v) is 11.9. The third-order valence-corrected chi connectivity index (χ3v) is 3.73. The first-order valence-electron chi connectivity index (χ1n) is 7.27. The van der Waals surface area contributed by atoms with Gasteiger partial charge in [-0.05, 0) is 38.8 Å². The highest BCUT2D eigenvalue weighted by atomic mass is 16.2. The second kappa shape index (κ2) is 6.55. The second-order valence-corrected chi connectivity index (χ2v) is 4.99. The SMILES string of the molecule is CCNc1ccnc(C(=O)N(CC)C2CCCC2)c1. The van der Waals surface area contributed by atoms with Crippen LogP contribution in [-0.2, 0) is 0 Å². The molecule has 1 fully saturated rings. The smallest absolute Gasteiger partial charge is 0.272 e. The van der Waals surface area contributed by atoms with Crippen molar-refractivity contribution >= 4 is 11.6 Å². The topological polar surface area (TPSA) is 45.2 Å². The number of anilines is 1. The minimum atomic E-state index is 0.0640. The lowest BCUT2D eigenvalue weighted by atomic mass is 10.2. The molecule has 1 aromatic rings. The number of pyridine rings is 1. The van der Waals surface area contributed by atoms with Crippen molar-refractivity contribution in [2.24, 2.45) is 0 Å². The average Bonchev–Trinajstić information content (AvgIpc) is 2.94. The number of amides is 1. The third kappa shape index (κ3) is 3.25. The summed E-state index contributed by atoms with van der Waals surface area (Å²) >= 11 is 0. The fraction of sp³-hybridized carbons (Fsp3) is 0.600. The Balaban J connectivity index is 2.14. The molecule has 0 bridgehead atoms. The fourth-order valence-corrected chi connectivity index (χ4v) is 2.79. The molecule has 0 aromatic carbocycles. The van der Waals surface area contributed by atoms with E-state index < -0.39 is 0 Å². The minimum absolute atomic E-state index is 0.0640. The first-order valence-corrected chi connectivity index (χ1v) is 7.27. The van der Waals surface area contributed by atoms with Gasteiger partial charge >= 0.3 is 0 Å². The van der Waals surface area contributed by atoms with E-state index in [4.69, 9.17) is 0 Å². The van der Waals surface area contributed by atoms with Crippen LogP contribution in [0.15, 0.2) is 18.3 Å². The molecule has 4 nitrogen and oxygen atoms in total. The van der Waals surface area contributed by atoms with Gasteiger partial charge in [0.05, 0.1) is 0 Å². The third-order valence-electron chi connectivity index (χ3n) is 3.73. The number of carbonyl (C=O) groups excluding carboxylic acids is 1. The summed E-state index contributed by atoms with van der Waals surface area (Å²) in [6, 6.07) is 4.15. The summed E-state index contributed by atoms with van der Waals surface area (Å²) in [5.41, 5.74) is 1.51. The van der Waals surface area contributed by atoms with Crippen LogP contribution in [0.25, 0.3) is 0 Å². The van der Waals surface area contributed by atoms with Crippen molar-refractivity contribution in [1.82, 2.24) is 9.88 Å². The quantitative estimate of drug-likeness (QED) is 0.886. The van der Waals surface area contributed by atoms with E-state index in [1.165, 1.54) is 12.8 Å². The summed E-state index contributed by atoms with van der Waals surface area (Å²) in [5.74, 6) is 0.0640. The van der Waals surface area contributed by atoms with Crippen LogP contribution in [0.4, 0.5) is 5.69 Å². The van der Waals surface area contributed by atoms with Crippen molar-refractivity contribution in [3.05, 3.63) is 24.0 Å². The Kier molecular flexibility index (Phi) is 4.77. The molecule has 0 radical (unpaired) electrons. The fourth-order valence-electron chi connectivity index (χ4n) is 2.79. The van der Waals surface area contributed by atoms with E-state index in [1.807, 2.05) is 30.9 Å². The molecular formula is C15H23N3O. The summed E-state index contributed by atoms with van der Waals surface area (Å²) in [6.45, 7) is 5.69. The van der Waals surface area contributed by atoms with E-state index >= 15 is 0 Å². The second-order valence-electron chi connectivity index (χ2n) is 4.99. The molecule has 2 rings (SSSR count).